The normalized spacial score (nSPS) is 14.5. The fourth-order valence-corrected chi connectivity index (χ4v) is 4.28. The Bertz CT molecular complexity index is 1160. The molecule has 0 bridgehead atoms. The van der Waals surface area contributed by atoms with Crippen molar-refractivity contribution in [2.45, 2.75) is 13.5 Å². The summed E-state index contributed by atoms with van der Waals surface area (Å²) in [5.74, 6) is 0.978. The van der Waals surface area contributed by atoms with Crippen LogP contribution in [0.15, 0.2) is 65.5 Å². The number of aromatic nitrogens is 4. The average molecular weight is 463 g/mol. The van der Waals surface area contributed by atoms with Crippen molar-refractivity contribution in [1.29, 1.82) is 0 Å². The number of benzene rings is 2. The summed E-state index contributed by atoms with van der Waals surface area (Å²) in [5.41, 5.74) is 4.66. The molecule has 7 heteroatoms. The molecule has 1 saturated heterocycles. The molecular formula is C23H23BrN6. The summed E-state index contributed by atoms with van der Waals surface area (Å²) in [4.78, 5) is 13.9. The van der Waals surface area contributed by atoms with Gasteiger partial charge in [-0.2, -0.15) is 5.10 Å². The van der Waals surface area contributed by atoms with E-state index in [1.54, 1.807) is 6.33 Å². The predicted molar refractivity (Wildman–Crippen MR) is 124 cm³/mol. The van der Waals surface area contributed by atoms with Crippen LogP contribution in [0.25, 0.3) is 11.0 Å². The number of fused-ring (bicyclic) bond motifs is 1. The van der Waals surface area contributed by atoms with Crippen molar-refractivity contribution in [1.82, 2.24) is 19.7 Å². The minimum atomic E-state index is 0.689. The van der Waals surface area contributed by atoms with Crippen LogP contribution in [0.2, 0.25) is 0 Å². The van der Waals surface area contributed by atoms with Crippen LogP contribution < -0.4 is 9.80 Å². The van der Waals surface area contributed by atoms with Gasteiger partial charge in [0.1, 0.15) is 12.1 Å². The second kappa shape index (κ2) is 8.07. The Labute approximate surface area is 184 Å². The molecule has 152 valence electrons. The Morgan fingerprint density at radius 2 is 1.70 bits per heavy atom. The summed E-state index contributed by atoms with van der Waals surface area (Å²) in [6.45, 7) is 6.64. The standard InChI is InChI=1S/C23H23BrN6/c1-17-3-2-4-20(13-17)28-9-11-29(12-10-28)22-21-14-27-30(23(21)26-16-25-22)15-18-5-7-19(24)8-6-18/h2-8,13-14,16H,9-12,15H2,1H3. The molecule has 2 aromatic carbocycles. The number of aryl methyl sites for hydroxylation is 1. The van der Waals surface area contributed by atoms with Crippen LogP contribution in [0.1, 0.15) is 11.1 Å². The van der Waals surface area contributed by atoms with Gasteiger partial charge < -0.3 is 9.80 Å². The number of nitrogens with zero attached hydrogens (tertiary/aromatic N) is 6. The van der Waals surface area contributed by atoms with Crippen molar-refractivity contribution in [2.24, 2.45) is 0 Å². The van der Waals surface area contributed by atoms with E-state index in [1.165, 1.54) is 16.8 Å². The van der Waals surface area contributed by atoms with Crippen molar-refractivity contribution >= 4 is 38.5 Å². The number of rotatable bonds is 4. The topological polar surface area (TPSA) is 50.1 Å². The highest BCUT2D eigenvalue weighted by Gasteiger charge is 2.21. The molecule has 0 N–H and O–H groups in total. The van der Waals surface area contributed by atoms with Gasteiger partial charge in [0.15, 0.2) is 5.65 Å². The molecule has 0 aliphatic carbocycles. The molecule has 0 unspecified atom stereocenters. The summed E-state index contributed by atoms with van der Waals surface area (Å²) in [6, 6.07) is 17.0. The highest BCUT2D eigenvalue weighted by atomic mass is 79.9. The van der Waals surface area contributed by atoms with Crippen LogP contribution in [0.3, 0.4) is 0 Å². The van der Waals surface area contributed by atoms with Crippen molar-refractivity contribution < 1.29 is 0 Å². The van der Waals surface area contributed by atoms with Crippen molar-refractivity contribution in [2.75, 3.05) is 36.0 Å². The van der Waals surface area contributed by atoms with Gasteiger partial charge in [-0.1, -0.05) is 40.2 Å². The Morgan fingerprint density at radius 3 is 2.47 bits per heavy atom. The first-order valence-corrected chi connectivity index (χ1v) is 10.9. The lowest BCUT2D eigenvalue weighted by Crippen LogP contribution is -2.46. The molecule has 4 aromatic rings. The molecule has 2 aromatic heterocycles. The van der Waals surface area contributed by atoms with Crippen molar-refractivity contribution in [3.63, 3.8) is 0 Å². The summed E-state index contributed by atoms with van der Waals surface area (Å²) in [6.07, 6.45) is 3.56. The molecule has 1 fully saturated rings. The summed E-state index contributed by atoms with van der Waals surface area (Å²) < 4.78 is 3.03. The van der Waals surface area contributed by atoms with Gasteiger partial charge in [-0.3, -0.25) is 0 Å². The third-order valence-electron chi connectivity index (χ3n) is 5.60. The largest absolute Gasteiger partial charge is 0.368 e. The first-order chi connectivity index (χ1) is 14.7. The van der Waals surface area contributed by atoms with Gasteiger partial charge in [0.2, 0.25) is 0 Å². The van der Waals surface area contributed by atoms with E-state index in [0.717, 1.165) is 47.5 Å². The van der Waals surface area contributed by atoms with Crippen LogP contribution in [0, 0.1) is 6.92 Å². The smallest absolute Gasteiger partial charge is 0.163 e. The van der Waals surface area contributed by atoms with E-state index in [2.05, 4.69) is 96.3 Å². The molecule has 5 rings (SSSR count). The van der Waals surface area contributed by atoms with E-state index < -0.39 is 0 Å². The van der Waals surface area contributed by atoms with E-state index in [-0.39, 0.29) is 0 Å². The molecule has 6 nitrogen and oxygen atoms in total. The minimum Gasteiger partial charge on any atom is -0.368 e. The summed E-state index contributed by atoms with van der Waals surface area (Å²) in [5, 5.41) is 5.62. The van der Waals surface area contributed by atoms with E-state index in [1.807, 2.05) is 10.9 Å². The van der Waals surface area contributed by atoms with Gasteiger partial charge in [-0.05, 0) is 42.3 Å². The molecule has 1 aliphatic rings. The zero-order valence-electron chi connectivity index (χ0n) is 16.9. The Kier molecular flexibility index (Phi) is 5.12. The van der Waals surface area contributed by atoms with E-state index >= 15 is 0 Å². The summed E-state index contributed by atoms with van der Waals surface area (Å²) >= 11 is 3.49. The van der Waals surface area contributed by atoms with Gasteiger partial charge >= 0.3 is 0 Å². The average Bonchev–Trinajstić information content (AvgIpc) is 3.18. The zero-order chi connectivity index (χ0) is 20.5. The van der Waals surface area contributed by atoms with Gasteiger partial charge in [0.25, 0.3) is 0 Å². The van der Waals surface area contributed by atoms with E-state index in [4.69, 9.17) is 0 Å². The number of hydrogen-bond acceptors (Lipinski definition) is 5. The first-order valence-electron chi connectivity index (χ1n) is 10.1. The molecule has 0 atom stereocenters. The highest BCUT2D eigenvalue weighted by molar-refractivity contribution is 9.10. The SMILES string of the molecule is Cc1cccc(N2CCN(c3ncnc4c3cnn4Cc3ccc(Br)cc3)CC2)c1. The number of halogens is 1. The maximum Gasteiger partial charge on any atom is 0.163 e. The molecule has 0 amide bonds. The maximum atomic E-state index is 4.61. The van der Waals surface area contributed by atoms with Gasteiger partial charge in [0.05, 0.1) is 18.1 Å². The monoisotopic (exact) mass is 462 g/mol. The lowest BCUT2D eigenvalue weighted by molar-refractivity contribution is 0.648. The van der Waals surface area contributed by atoms with Crippen molar-refractivity contribution in [3.05, 3.63) is 76.7 Å². The maximum absolute atomic E-state index is 4.61. The molecule has 0 spiro atoms. The second-order valence-corrected chi connectivity index (χ2v) is 8.59. The highest BCUT2D eigenvalue weighted by Crippen LogP contribution is 2.26. The van der Waals surface area contributed by atoms with E-state index in [9.17, 15) is 0 Å². The Balaban J connectivity index is 1.35. The fraction of sp³-hybridized carbons (Fsp3) is 0.261. The second-order valence-electron chi connectivity index (χ2n) is 7.68. The third kappa shape index (κ3) is 3.77. The molecule has 0 saturated carbocycles. The van der Waals surface area contributed by atoms with Gasteiger partial charge in [0, 0.05) is 36.3 Å². The lowest BCUT2D eigenvalue weighted by Gasteiger charge is -2.37. The molecule has 30 heavy (non-hydrogen) atoms. The van der Waals surface area contributed by atoms with Crippen LogP contribution in [0.4, 0.5) is 11.5 Å². The van der Waals surface area contributed by atoms with Crippen LogP contribution in [-0.4, -0.2) is 45.9 Å². The summed E-state index contributed by atoms with van der Waals surface area (Å²) in [7, 11) is 0. The van der Waals surface area contributed by atoms with Crippen LogP contribution >= 0.6 is 15.9 Å². The fourth-order valence-electron chi connectivity index (χ4n) is 4.01. The van der Waals surface area contributed by atoms with Gasteiger partial charge in [-0.25, -0.2) is 14.6 Å². The van der Waals surface area contributed by atoms with Crippen LogP contribution in [0.5, 0.6) is 0 Å². The predicted octanol–water partition coefficient (Wildman–Crippen LogP) is 4.27. The first kappa shape index (κ1) is 19.1. The quantitative estimate of drug-likeness (QED) is 0.453. The van der Waals surface area contributed by atoms with Crippen LogP contribution in [-0.2, 0) is 6.54 Å². The molecule has 1 aliphatic heterocycles. The number of anilines is 2. The zero-order valence-corrected chi connectivity index (χ0v) is 18.5. The minimum absolute atomic E-state index is 0.689. The molecule has 3 heterocycles. The number of piperazine rings is 1. The Morgan fingerprint density at radius 1 is 0.933 bits per heavy atom. The van der Waals surface area contributed by atoms with E-state index in [0.29, 0.717) is 6.54 Å². The molecule has 0 radical (unpaired) electrons. The van der Waals surface area contributed by atoms with Gasteiger partial charge in [-0.15, -0.1) is 0 Å². The molecular weight excluding hydrogens is 440 g/mol. The Hall–Kier alpha value is -2.93. The number of hydrogen-bond donors (Lipinski definition) is 0. The third-order valence-corrected chi connectivity index (χ3v) is 6.13. The lowest BCUT2D eigenvalue weighted by atomic mass is 10.2. The van der Waals surface area contributed by atoms with Crippen molar-refractivity contribution in [3.8, 4) is 0 Å².